The maximum atomic E-state index is 12.5. The number of nitrogens with one attached hydrogen (secondary N) is 3. The largest absolute Gasteiger partial charge is 0.326 e. The minimum absolute atomic E-state index is 0.0716. The Kier molecular flexibility index (Phi) is 6.96. The number of sulfonamides is 1. The Balaban J connectivity index is 1.90. The van der Waals surface area contributed by atoms with Gasteiger partial charge in [0.25, 0.3) is 0 Å². The van der Waals surface area contributed by atoms with E-state index in [-0.39, 0.29) is 17.2 Å². The van der Waals surface area contributed by atoms with Crippen LogP contribution in [0.4, 0.5) is 5.69 Å². The van der Waals surface area contributed by atoms with E-state index in [1.807, 2.05) is 13.8 Å². The highest BCUT2D eigenvalue weighted by molar-refractivity contribution is 7.89. The first-order valence-corrected chi connectivity index (χ1v) is 10.5. The van der Waals surface area contributed by atoms with Gasteiger partial charge in [-0.15, -0.1) is 0 Å². The number of fused-ring (bicyclic) bond motifs is 1. The molecule has 1 aromatic carbocycles. The summed E-state index contributed by atoms with van der Waals surface area (Å²) in [6.07, 6.45) is 3.43. The molecule has 9 heteroatoms. The van der Waals surface area contributed by atoms with Crippen LogP contribution in [0.25, 0.3) is 0 Å². The molecule has 1 aliphatic heterocycles. The van der Waals surface area contributed by atoms with Gasteiger partial charge in [-0.25, -0.2) is 18.6 Å². The van der Waals surface area contributed by atoms with Gasteiger partial charge in [-0.2, -0.15) is 0 Å². The van der Waals surface area contributed by atoms with Gasteiger partial charge < -0.3 is 5.32 Å². The van der Waals surface area contributed by atoms with Crippen molar-refractivity contribution in [3.05, 3.63) is 23.8 Å². The number of carbonyl (C=O) groups is 2. The first-order valence-electron chi connectivity index (χ1n) is 9.03. The van der Waals surface area contributed by atoms with E-state index in [0.29, 0.717) is 31.5 Å². The van der Waals surface area contributed by atoms with Crippen molar-refractivity contribution in [3.63, 3.8) is 0 Å². The number of unbranched alkanes of at least 4 members (excludes halogenated alkanes) is 3. The van der Waals surface area contributed by atoms with Crippen LogP contribution in [0.3, 0.4) is 0 Å². The van der Waals surface area contributed by atoms with E-state index < -0.39 is 21.3 Å². The van der Waals surface area contributed by atoms with Crippen LogP contribution in [0, 0.1) is 0 Å². The Bertz CT molecular complexity index is 805. The fourth-order valence-electron chi connectivity index (χ4n) is 3.16. The van der Waals surface area contributed by atoms with Gasteiger partial charge in [-0.3, -0.25) is 14.8 Å². The summed E-state index contributed by atoms with van der Waals surface area (Å²) in [6.45, 7) is 4.16. The van der Waals surface area contributed by atoms with Gasteiger partial charge in [0.1, 0.15) is 0 Å². The summed E-state index contributed by atoms with van der Waals surface area (Å²) < 4.78 is 27.7. The predicted molar refractivity (Wildman–Crippen MR) is 101 cm³/mol. The van der Waals surface area contributed by atoms with Crippen molar-refractivity contribution in [1.82, 2.24) is 10.2 Å². The molecule has 2 amide bonds. The molecule has 27 heavy (non-hydrogen) atoms. The molecule has 1 heterocycles. The summed E-state index contributed by atoms with van der Waals surface area (Å²) in [6, 6.07) is 4.76. The average molecular weight is 397 g/mol. The van der Waals surface area contributed by atoms with E-state index in [9.17, 15) is 18.0 Å². The van der Waals surface area contributed by atoms with Crippen molar-refractivity contribution < 1.29 is 23.2 Å². The summed E-state index contributed by atoms with van der Waals surface area (Å²) in [7, 11) is -3.63. The lowest BCUT2D eigenvalue weighted by molar-refractivity contribution is -0.129. The Labute approximate surface area is 159 Å². The number of hydroxylamine groups is 1. The molecule has 0 fully saturated rings. The number of rotatable bonds is 9. The van der Waals surface area contributed by atoms with Crippen LogP contribution in [0.5, 0.6) is 0 Å². The highest BCUT2D eigenvalue weighted by Crippen LogP contribution is 2.38. The molecule has 0 unspecified atom stereocenters. The van der Waals surface area contributed by atoms with Crippen LogP contribution in [-0.2, 0) is 25.0 Å². The molecule has 150 valence electrons. The summed E-state index contributed by atoms with van der Waals surface area (Å²) in [5.41, 5.74) is 2.62. The quantitative estimate of drug-likeness (QED) is 0.288. The normalized spacial score (nSPS) is 15.7. The molecule has 0 saturated carbocycles. The molecule has 0 atom stereocenters. The number of benzene rings is 1. The SMILES string of the molecule is CC1(C)CC(=O)Nc2ccc(S(=O)(=O)NCCCCCCC(=O)NO)cc21. The zero-order chi connectivity index (χ0) is 20.1. The van der Waals surface area contributed by atoms with E-state index in [0.717, 1.165) is 18.4 Å². The van der Waals surface area contributed by atoms with E-state index in [1.165, 1.54) is 6.07 Å². The van der Waals surface area contributed by atoms with Gasteiger partial charge >= 0.3 is 0 Å². The molecule has 0 spiro atoms. The standard InChI is InChI=1S/C18H27N3O5S/c1-18(2)12-17(23)20-15-9-8-13(11-14(15)18)27(25,26)19-10-6-4-3-5-7-16(22)21-24/h8-9,11,19,24H,3-7,10,12H2,1-2H3,(H,20,23)(H,21,22). The van der Waals surface area contributed by atoms with Gasteiger partial charge in [0.05, 0.1) is 4.90 Å². The lowest BCUT2D eigenvalue weighted by atomic mass is 9.78. The summed E-state index contributed by atoms with van der Waals surface area (Å²) in [5.74, 6) is -0.486. The predicted octanol–water partition coefficient (Wildman–Crippen LogP) is 2.04. The van der Waals surface area contributed by atoms with E-state index in [4.69, 9.17) is 5.21 Å². The van der Waals surface area contributed by atoms with E-state index in [1.54, 1.807) is 17.6 Å². The second-order valence-corrected chi connectivity index (χ2v) is 9.18. The molecule has 0 aromatic heterocycles. The average Bonchev–Trinajstić information content (AvgIpc) is 2.59. The van der Waals surface area contributed by atoms with Crippen LogP contribution in [0.1, 0.15) is 57.9 Å². The first-order chi connectivity index (χ1) is 12.7. The van der Waals surface area contributed by atoms with Crippen molar-refractivity contribution in [2.45, 2.75) is 62.7 Å². The minimum atomic E-state index is -3.63. The van der Waals surface area contributed by atoms with E-state index >= 15 is 0 Å². The van der Waals surface area contributed by atoms with Crippen molar-refractivity contribution in [1.29, 1.82) is 0 Å². The lowest BCUT2D eigenvalue weighted by Gasteiger charge is -2.32. The number of carbonyl (C=O) groups excluding carboxylic acids is 2. The Morgan fingerprint density at radius 3 is 2.63 bits per heavy atom. The fourth-order valence-corrected chi connectivity index (χ4v) is 4.26. The maximum absolute atomic E-state index is 12.5. The zero-order valence-electron chi connectivity index (χ0n) is 15.7. The van der Waals surface area contributed by atoms with Crippen LogP contribution in [-0.4, -0.2) is 32.0 Å². The van der Waals surface area contributed by atoms with E-state index in [2.05, 4.69) is 10.0 Å². The van der Waals surface area contributed by atoms with Crippen molar-refractivity contribution in [2.75, 3.05) is 11.9 Å². The molecule has 0 saturated heterocycles. The van der Waals surface area contributed by atoms with Gasteiger partial charge in [0.2, 0.25) is 21.8 Å². The second-order valence-electron chi connectivity index (χ2n) is 7.41. The summed E-state index contributed by atoms with van der Waals surface area (Å²) in [5, 5.41) is 11.2. The second kappa shape index (κ2) is 8.81. The number of hydrogen-bond acceptors (Lipinski definition) is 5. The molecule has 0 radical (unpaired) electrons. The lowest BCUT2D eigenvalue weighted by Crippen LogP contribution is -2.33. The number of hydrogen-bond donors (Lipinski definition) is 4. The molecular weight excluding hydrogens is 370 g/mol. The minimum Gasteiger partial charge on any atom is -0.326 e. The van der Waals surface area contributed by atoms with Crippen molar-refractivity contribution >= 4 is 27.5 Å². The molecular formula is C18H27N3O5S. The summed E-state index contributed by atoms with van der Waals surface area (Å²) in [4.78, 5) is 22.8. The third kappa shape index (κ3) is 5.75. The van der Waals surface area contributed by atoms with Crippen LogP contribution in [0.15, 0.2) is 23.1 Å². The highest BCUT2D eigenvalue weighted by atomic mass is 32.2. The van der Waals surface area contributed by atoms with Gasteiger partial charge in [0, 0.05) is 30.5 Å². The topological polar surface area (TPSA) is 125 Å². The van der Waals surface area contributed by atoms with Gasteiger partial charge in [0.15, 0.2) is 0 Å². The highest BCUT2D eigenvalue weighted by Gasteiger charge is 2.33. The first kappa shape index (κ1) is 21.3. The fraction of sp³-hybridized carbons (Fsp3) is 0.556. The molecule has 8 nitrogen and oxygen atoms in total. The molecule has 4 N–H and O–H groups in total. The Morgan fingerprint density at radius 1 is 1.22 bits per heavy atom. The number of anilines is 1. The number of amides is 2. The van der Waals surface area contributed by atoms with Gasteiger partial charge in [-0.05, 0) is 36.6 Å². The van der Waals surface area contributed by atoms with Crippen molar-refractivity contribution in [3.8, 4) is 0 Å². The zero-order valence-corrected chi connectivity index (χ0v) is 16.5. The van der Waals surface area contributed by atoms with Crippen LogP contribution >= 0.6 is 0 Å². The smallest absolute Gasteiger partial charge is 0.243 e. The maximum Gasteiger partial charge on any atom is 0.243 e. The third-order valence-corrected chi connectivity index (χ3v) is 6.11. The Morgan fingerprint density at radius 2 is 1.93 bits per heavy atom. The molecule has 0 aliphatic carbocycles. The monoisotopic (exact) mass is 397 g/mol. The third-order valence-electron chi connectivity index (χ3n) is 4.65. The van der Waals surface area contributed by atoms with Crippen LogP contribution < -0.4 is 15.5 Å². The molecule has 1 aliphatic rings. The van der Waals surface area contributed by atoms with Crippen molar-refractivity contribution in [2.24, 2.45) is 0 Å². The summed E-state index contributed by atoms with van der Waals surface area (Å²) >= 11 is 0. The molecule has 2 rings (SSSR count). The van der Waals surface area contributed by atoms with Gasteiger partial charge in [-0.1, -0.05) is 26.7 Å². The van der Waals surface area contributed by atoms with Crippen LogP contribution in [0.2, 0.25) is 0 Å². The Hall–Kier alpha value is -1.97. The molecule has 0 bridgehead atoms. The molecule has 1 aromatic rings.